The lowest BCUT2D eigenvalue weighted by Crippen LogP contribution is -2.46. The predicted octanol–water partition coefficient (Wildman–Crippen LogP) is 3.47. The van der Waals surface area contributed by atoms with E-state index in [0.29, 0.717) is 0 Å². The zero-order chi connectivity index (χ0) is 8.06. The molecule has 0 aromatic heterocycles. The molecular weight excluding hydrogens is 132 g/mol. The maximum Gasteiger partial charge on any atom is -0.0241 e. The molecule has 2 aliphatic carbocycles. The van der Waals surface area contributed by atoms with E-state index >= 15 is 0 Å². The molecule has 2 rings (SSSR count). The van der Waals surface area contributed by atoms with Crippen LogP contribution in [0, 0.1) is 23.2 Å². The van der Waals surface area contributed by atoms with Crippen molar-refractivity contribution in [2.24, 2.45) is 23.2 Å². The van der Waals surface area contributed by atoms with Gasteiger partial charge >= 0.3 is 0 Å². The predicted molar refractivity (Wildman–Crippen MR) is 48.4 cm³/mol. The van der Waals surface area contributed by atoms with Gasteiger partial charge in [-0.2, -0.15) is 0 Å². The first-order valence-corrected chi connectivity index (χ1v) is 5.17. The fraction of sp³-hybridized carbons (Fsp3) is 1.00. The molecule has 0 nitrogen and oxygen atoms in total. The van der Waals surface area contributed by atoms with E-state index in [1.54, 1.807) is 0 Å². The topological polar surface area (TPSA) is 0 Å². The molecular formula is C11H20. The quantitative estimate of drug-likeness (QED) is 0.498. The van der Waals surface area contributed by atoms with E-state index in [0.717, 1.165) is 23.2 Å². The first-order chi connectivity index (χ1) is 5.17. The minimum Gasteiger partial charge on any atom is -0.0622 e. The summed E-state index contributed by atoms with van der Waals surface area (Å²) < 4.78 is 0. The Morgan fingerprint density at radius 1 is 1.18 bits per heavy atom. The van der Waals surface area contributed by atoms with Crippen molar-refractivity contribution in [1.29, 1.82) is 0 Å². The summed E-state index contributed by atoms with van der Waals surface area (Å²) in [5.74, 6) is 3.05. The standard InChI is InChI=1S/C11H20/c1-8-7-11(10(8)3)6-4-5-9(11)2/h8-10H,4-7H2,1-3H3. The van der Waals surface area contributed by atoms with E-state index in [9.17, 15) is 0 Å². The highest BCUT2D eigenvalue weighted by Crippen LogP contribution is 2.62. The van der Waals surface area contributed by atoms with Crippen LogP contribution in [0.25, 0.3) is 0 Å². The lowest BCUT2D eigenvalue weighted by molar-refractivity contribution is -0.0490. The van der Waals surface area contributed by atoms with E-state index in [-0.39, 0.29) is 0 Å². The molecule has 0 amide bonds. The Morgan fingerprint density at radius 3 is 2.27 bits per heavy atom. The van der Waals surface area contributed by atoms with E-state index in [4.69, 9.17) is 0 Å². The van der Waals surface area contributed by atoms with Gasteiger partial charge in [0.15, 0.2) is 0 Å². The molecule has 0 heterocycles. The van der Waals surface area contributed by atoms with Crippen molar-refractivity contribution >= 4 is 0 Å². The van der Waals surface area contributed by atoms with Gasteiger partial charge in [-0.1, -0.05) is 33.6 Å². The molecule has 4 atom stereocenters. The third-order valence-electron chi connectivity index (χ3n) is 4.72. The number of rotatable bonds is 0. The SMILES string of the molecule is CC1CC2(CCCC2C)C1C. The summed E-state index contributed by atoms with van der Waals surface area (Å²) in [7, 11) is 0. The second-order valence-electron chi connectivity index (χ2n) is 5.00. The van der Waals surface area contributed by atoms with Crippen molar-refractivity contribution in [3.05, 3.63) is 0 Å². The van der Waals surface area contributed by atoms with Crippen LogP contribution in [-0.2, 0) is 0 Å². The minimum absolute atomic E-state index is 0.805. The van der Waals surface area contributed by atoms with Gasteiger partial charge in [0.1, 0.15) is 0 Å². The van der Waals surface area contributed by atoms with Crippen LogP contribution in [0.15, 0.2) is 0 Å². The van der Waals surface area contributed by atoms with Crippen LogP contribution in [0.4, 0.5) is 0 Å². The van der Waals surface area contributed by atoms with Crippen LogP contribution in [0.1, 0.15) is 46.5 Å². The second-order valence-corrected chi connectivity index (χ2v) is 5.00. The molecule has 2 fully saturated rings. The Morgan fingerprint density at radius 2 is 1.91 bits per heavy atom. The average molecular weight is 152 g/mol. The third-order valence-corrected chi connectivity index (χ3v) is 4.72. The summed E-state index contributed by atoms with van der Waals surface area (Å²) >= 11 is 0. The van der Waals surface area contributed by atoms with E-state index < -0.39 is 0 Å². The van der Waals surface area contributed by atoms with Gasteiger partial charge in [0.25, 0.3) is 0 Å². The molecule has 0 heteroatoms. The van der Waals surface area contributed by atoms with Gasteiger partial charge in [0.05, 0.1) is 0 Å². The summed E-state index contributed by atoms with van der Waals surface area (Å²) in [4.78, 5) is 0. The maximum absolute atomic E-state index is 2.47. The van der Waals surface area contributed by atoms with Crippen molar-refractivity contribution < 1.29 is 0 Å². The van der Waals surface area contributed by atoms with Gasteiger partial charge in [0.2, 0.25) is 0 Å². The van der Waals surface area contributed by atoms with Crippen LogP contribution in [0.2, 0.25) is 0 Å². The van der Waals surface area contributed by atoms with Gasteiger partial charge in [0, 0.05) is 0 Å². The third kappa shape index (κ3) is 0.816. The number of hydrogen-bond acceptors (Lipinski definition) is 0. The van der Waals surface area contributed by atoms with Crippen LogP contribution in [0.3, 0.4) is 0 Å². The molecule has 0 radical (unpaired) electrons. The van der Waals surface area contributed by atoms with Crippen molar-refractivity contribution in [2.45, 2.75) is 46.5 Å². The minimum atomic E-state index is 0.805. The Hall–Kier alpha value is 0. The fourth-order valence-corrected chi connectivity index (χ4v) is 3.62. The summed E-state index contributed by atoms with van der Waals surface area (Å²) in [5.41, 5.74) is 0.805. The summed E-state index contributed by atoms with van der Waals surface area (Å²) in [6.07, 6.45) is 6.05. The van der Waals surface area contributed by atoms with Gasteiger partial charge < -0.3 is 0 Å². The van der Waals surface area contributed by atoms with Crippen LogP contribution >= 0.6 is 0 Å². The maximum atomic E-state index is 2.47. The first kappa shape index (κ1) is 7.64. The molecule has 0 saturated heterocycles. The van der Waals surface area contributed by atoms with Crippen molar-refractivity contribution in [1.82, 2.24) is 0 Å². The molecule has 0 aromatic rings. The zero-order valence-corrected chi connectivity index (χ0v) is 8.06. The Balaban J connectivity index is 2.12. The molecule has 0 bridgehead atoms. The number of hydrogen-bond donors (Lipinski definition) is 0. The van der Waals surface area contributed by atoms with Gasteiger partial charge in [-0.3, -0.25) is 0 Å². The molecule has 4 unspecified atom stereocenters. The first-order valence-electron chi connectivity index (χ1n) is 5.17. The highest BCUT2D eigenvalue weighted by molar-refractivity contribution is 5.03. The van der Waals surface area contributed by atoms with Crippen molar-refractivity contribution in [3.8, 4) is 0 Å². The molecule has 2 saturated carbocycles. The molecule has 0 aliphatic heterocycles. The lowest BCUT2D eigenvalue weighted by atomic mass is 9.51. The smallest absolute Gasteiger partial charge is 0.0241 e. The summed E-state index contributed by atoms with van der Waals surface area (Å²) in [6.45, 7) is 7.35. The largest absolute Gasteiger partial charge is 0.0622 e. The lowest BCUT2D eigenvalue weighted by Gasteiger charge is -2.54. The van der Waals surface area contributed by atoms with Crippen LogP contribution < -0.4 is 0 Å². The monoisotopic (exact) mass is 152 g/mol. The molecule has 0 aromatic carbocycles. The highest BCUT2D eigenvalue weighted by atomic mass is 14.6. The zero-order valence-electron chi connectivity index (χ0n) is 8.06. The molecule has 64 valence electrons. The second kappa shape index (κ2) is 2.24. The van der Waals surface area contributed by atoms with Crippen LogP contribution in [0.5, 0.6) is 0 Å². The normalized spacial score (nSPS) is 56.5. The van der Waals surface area contributed by atoms with Gasteiger partial charge in [-0.05, 0) is 36.0 Å². The summed E-state index contributed by atoms with van der Waals surface area (Å²) in [5, 5.41) is 0. The molecule has 1 spiro atoms. The van der Waals surface area contributed by atoms with Crippen molar-refractivity contribution in [3.63, 3.8) is 0 Å². The van der Waals surface area contributed by atoms with Gasteiger partial charge in [-0.25, -0.2) is 0 Å². The Bertz CT molecular complexity index is 161. The molecule has 11 heavy (non-hydrogen) atoms. The molecule has 2 aliphatic rings. The Kier molecular flexibility index (Phi) is 1.56. The van der Waals surface area contributed by atoms with E-state index in [2.05, 4.69) is 20.8 Å². The fourth-order valence-electron chi connectivity index (χ4n) is 3.62. The summed E-state index contributed by atoms with van der Waals surface area (Å²) in [6, 6.07) is 0. The Labute approximate surface area is 70.4 Å². The van der Waals surface area contributed by atoms with Gasteiger partial charge in [-0.15, -0.1) is 0 Å². The van der Waals surface area contributed by atoms with Crippen LogP contribution in [-0.4, -0.2) is 0 Å². The van der Waals surface area contributed by atoms with Crippen molar-refractivity contribution in [2.75, 3.05) is 0 Å². The highest BCUT2D eigenvalue weighted by Gasteiger charge is 2.53. The molecule has 0 N–H and O–H groups in total. The van der Waals surface area contributed by atoms with E-state index in [1.807, 2.05) is 0 Å². The van der Waals surface area contributed by atoms with E-state index in [1.165, 1.54) is 25.7 Å². The average Bonchev–Trinajstić information content (AvgIpc) is 2.35.